The van der Waals surface area contributed by atoms with Crippen LogP contribution in [0.5, 0.6) is 0 Å². The number of halogens is 6. The molecule has 0 bridgehead atoms. The van der Waals surface area contributed by atoms with Crippen molar-refractivity contribution in [2.45, 2.75) is 0 Å². The smallest absolute Gasteiger partial charge is 0.0975 e. The summed E-state index contributed by atoms with van der Waals surface area (Å²) in [4.78, 5) is 0. The topological polar surface area (TPSA) is 30.5 Å². The average Bonchev–Trinajstić information content (AvgIpc) is 2.81. The molecule has 0 radical (unpaired) electrons. The monoisotopic (exact) mass is 702 g/mol. The summed E-state index contributed by atoms with van der Waals surface area (Å²) < 4.78 is 2.78. The Labute approximate surface area is 238 Å². The summed E-state index contributed by atoms with van der Waals surface area (Å²) >= 11 is 29.6. The zero-order valence-electron chi connectivity index (χ0n) is 17.2. The standard InChI is InChI=1S/C24H16Br3Cl3N4/c25-15-8-10-17(11-9-15)31-33(19-5-3-4-16(26)12-19)34(23-7-2-1-6-20(23)27)32-18-13-21(28)24(30)22(29)14-18/h1-14,31-32H. The molecule has 4 nitrogen and oxygen atoms in total. The zero-order chi connectivity index (χ0) is 24.2. The fourth-order valence-corrected chi connectivity index (χ4v) is 4.77. The minimum Gasteiger partial charge on any atom is -0.278 e. The van der Waals surface area contributed by atoms with Gasteiger partial charge in [-0.25, -0.2) is 0 Å². The predicted octanol–water partition coefficient (Wildman–Crippen LogP) is 10.2. The van der Waals surface area contributed by atoms with Crippen LogP contribution in [0.25, 0.3) is 0 Å². The fraction of sp³-hybridized carbons (Fsp3) is 0. The van der Waals surface area contributed by atoms with Gasteiger partial charge in [-0.05, 0) is 82.7 Å². The third-order valence-corrected chi connectivity index (χ3v) is 7.52. The summed E-state index contributed by atoms with van der Waals surface area (Å²) in [5, 5.41) is 4.73. The van der Waals surface area contributed by atoms with Crippen LogP contribution < -0.4 is 21.1 Å². The SMILES string of the molecule is Clc1cc(NN(c2ccccc2Br)N(Nc2ccc(Br)cc2)c2cccc(Br)c2)cc(Cl)c1Cl. The Hall–Kier alpha value is -1.61. The third kappa shape index (κ3) is 6.14. The molecule has 34 heavy (non-hydrogen) atoms. The molecule has 0 atom stereocenters. The first-order valence-corrected chi connectivity index (χ1v) is 13.4. The molecular weight excluding hydrogens is 690 g/mol. The highest BCUT2D eigenvalue weighted by molar-refractivity contribution is 9.11. The normalized spacial score (nSPS) is 10.6. The van der Waals surface area contributed by atoms with E-state index in [0.29, 0.717) is 20.8 Å². The molecule has 0 aromatic heterocycles. The third-order valence-electron chi connectivity index (χ3n) is 4.63. The predicted molar refractivity (Wildman–Crippen MR) is 156 cm³/mol. The van der Waals surface area contributed by atoms with Crippen LogP contribution in [0.1, 0.15) is 0 Å². The van der Waals surface area contributed by atoms with E-state index >= 15 is 0 Å². The number of nitrogens with one attached hydrogen (secondary N) is 2. The summed E-state index contributed by atoms with van der Waals surface area (Å²) in [5.74, 6) is 0. The molecule has 0 aliphatic rings. The summed E-state index contributed by atoms with van der Waals surface area (Å²) in [6, 6.07) is 27.1. The lowest BCUT2D eigenvalue weighted by molar-refractivity contribution is 0.860. The van der Waals surface area contributed by atoms with Crippen molar-refractivity contribution in [2.75, 3.05) is 21.1 Å². The largest absolute Gasteiger partial charge is 0.278 e. The molecule has 0 heterocycles. The van der Waals surface area contributed by atoms with E-state index in [2.05, 4.69) is 58.6 Å². The second-order valence-corrected chi connectivity index (χ2v) is 10.9. The number of hydrazine groups is 3. The van der Waals surface area contributed by atoms with Gasteiger partial charge in [-0.15, -0.1) is 0 Å². The molecule has 0 fully saturated rings. The maximum Gasteiger partial charge on any atom is 0.0975 e. The Kier molecular flexibility index (Phi) is 8.56. The van der Waals surface area contributed by atoms with Gasteiger partial charge in [0.1, 0.15) is 0 Å². The molecule has 0 aliphatic carbocycles. The Morgan fingerprint density at radius 3 is 1.88 bits per heavy atom. The van der Waals surface area contributed by atoms with Crippen LogP contribution >= 0.6 is 82.6 Å². The van der Waals surface area contributed by atoms with E-state index in [4.69, 9.17) is 34.8 Å². The van der Waals surface area contributed by atoms with Gasteiger partial charge in [-0.1, -0.05) is 84.9 Å². The van der Waals surface area contributed by atoms with E-state index in [0.717, 1.165) is 30.5 Å². The molecule has 4 aromatic carbocycles. The van der Waals surface area contributed by atoms with Crippen molar-refractivity contribution < 1.29 is 0 Å². The quantitative estimate of drug-likeness (QED) is 0.148. The molecule has 0 saturated heterocycles. The number of hydrogen-bond donors (Lipinski definition) is 2. The number of benzene rings is 4. The Morgan fingerprint density at radius 1 is 0.588 bits per heavy atom. The van der Waals surface area contributed by atoms with Gasteiger partial charge >= 0.3 is 0 Å². The summed E-state index contributed by atoms with van der Waals surface area (Å²) in [5.41, 5.74) is 10.1. The first-order valence-electron chi connectivity index (χ1n) is 9.85. The molecule has 10 heteroatoms. The van der Waals surface area contributed by atoms with Crippen molar-refractivity contribution in [3.8, 4) is 0 Å². The van der Waals surface area contributed by atoms with E-state index in [1.54, 1.807) is 12.1 Å². The fourth-order valence-electron chi connectivity index (χ4n) is 3.07. The highest BCUT2D eigenvalue weighted by Gasteiger charge is 2.21. The lowest BCUT2D eigenvalue weighted by atomic mass is 10.3. The van der Waals surface area contributed by atoms with Gasteiger partial charge in [0.05, 0.1) is 37.8 Å². The summed E-state index contributed by atoms with van der Waals surface area (Å²) in [7, 11) is 0. The second kappa shape index (κ2) is 11.4. The first-order chi connectivity index (χ1) is 16.3. The van der Waals surface area contributed by atoms with Crippen LogP contribution in [0.2, 0.25) is 15.1 Å². The van der Waals surface area contributed by atoms with Gasteiger partial charge in [0.25, 0.3) is 0 Å². The number of para-hydroxylation sites is 1. The van der Waals surface area contributed by atoms with Gasteiger partial charge in [-0.2, -0.15) is 10.2 Å². The lowest BCUT2D eigenvalue weighted by Crippen LogP contribution is -2.50. The second-order valence-electron chi connectivity index (χ2n) is 7.04. The molecule has 4 aromatic rings. The lowest BCUT2D eigenvalue weighted by Gasteiger charge is -2.39. The number of nitrogens with zero attached hydrogens (tertiary/aromatic N) is 2. The Morgan fingerprint density at radius 2 is 1.24 bits per heavy atom. The van der Waals surface area contributed by atoms with Crippen molar-refractivity contribution >= 4 is 105 Å². The number of anilines is 4. The van der Waals surface area contributed by atoms with E-state index in [-0.39, 0.29) is 0 Å². The van der Waals surface area contributed by atoms with Crippen molar-refractivity contribution in [1.29, 1.82) is 0 Å². The van der Waals surface area contributed by atoms with Crippen molar-refractivity contribution in [2.24, 2.45) is 0 Å². The first kappa shape index (κ1) is 25.5. The van der Waals surface area contributed by atoms with Crippen molar-refractivity contribution in [3.05, 3.63) is 113 Å². The molecule has 0 aliphatic heterocycles. The van der Waals surface area contributed by atoms with Crippen LogP contribution in [0, 0.1) is 0 Å². The minimum atomic E-state index is 0.304. The number of hydrogen-bond acceptors (Lipinski definition) is 4. The minimum absolute atomic E-state index is 0.304. The van der Waals surface area contributed by atoms with Gasteiger partial charge < -0.3 is 0 Å². The maximum absolute atomic E-state index is 6.32. The Bertz CT molecular complexity index is 1280. The van der Waals surface area contributed by atoms with Gasteiger partial charge in [0.2, 0.25) is 0 Å². The molecule has 4 rings (SSSR count). The average molecular weight is 706 g/mol. The molecule has 0 amide bonds. The maximum atomic E-state index is 6.32. The molecule has 0 saturated carbocycles. The highest BCUT2D eigenvalue weighted by Crippen LogP contribution is 2.36. The van der Waals surface area contributed by atoms with Crippen molar-refractivity contribution in [1.82, 2.24) is 0 Å². The van der Waals surface area contributed by atoms with E-state index < -0.39 is 0 Å². The molecule has 2 N–H and O–H groups in total. The van der Waals surface area contributed by atoms with Crippen LogP contribution in [0.3, 0.4) is 0 Å². The highest BCUT2D eigenvalue weighted by atomic mass is 79.9. The van der Waals surface area contributed by atoms with Crippen LogP contribution in [-0.4, -0.2) is 0 Å². The van der Waals surface area contributed by atoms with Gasteiger partial charge in [-0.3, -0.25) is 10.9 Å². The molecule has 174 valence electrons. The van der Waals surface area contributed by atoms with Crippen molar-refractivity contribution in [3.63, 3.8) is 0 Å². The Balaban J connectivity index is 1.85. The van der Waals surface area contributed by atoms with Crippen LogP contribution in [0.4, 0.5) is 22.7 Å². The van der Waals surface area contributed by atoms with E-state index in [9.17, 15) is 0 Å². The van der Waals surface area contributed by atoms with Crippen LogP contribution in [0.15, 0.2) is 98.3 Å². The van der Waals surface area contributed by atoms with Crippen LogP contribution in [-0.2, 0) is 0 Å². The number of rotatable bonds is 7. The molecule has 0 unspecified atom stereocenters. The molecular formula is C24H16Br3Cl3N4. The van der Waals surface area contributed by atoms with Gasteiger partial charge in [0, 0.05) is 13.4 Å². The summed E-state index contributed by atoms with van der Waals surface area (Å²) in [6.45, 7) is 0. The van der Waals surface area contributed by atoms with Gasteiger partial charge in [0.15, 0.2) is 0 Å². The molecule has 0 spiro atoms. The van der Waals surface area contributed by atoms with E-state index in [1.807, 2.05) is 83.0 Å². The van der Waals surface area contributed by atoms with E-state index in [1.165, 1.54) is 0 Å². The summed E-state index contributed by atoms with van der Waals surface area (Å²) in [6.07, 6.45) is 0. The zero-order valence-corrected chi connectivity index (χ0v) is 24.3.